The molecular formula is C25H34N6O2. The van der Waals surface area contributed by atoms with E-state index in [1.54, 1.807) is 0 Å². The van der Waals surface area contributed by atoms with Crippen LogP contribution in [-0.2, 0) is 11.3 Å². The molecule has 0 amide bonds. The average molecular weight is 451 g/mol. The quantitative estimate of drug-likeness (QED) is 0.556. The van der Waals surface area contributed by atoms with Gasteiger partial charge in [-0.2, -0.15) is 0 Å². The van der Waals surface area contributed by atoms with Crippen molar-refractivity contribution in [2.75, 3.05) is 13.2 Å². The molecule has 1 aliphatic heterocycles. The summed E-state index contributed by atoms with van der Waals surface area (Å²) in [6.45, 7) is 6.36. The SMILES string of the molecule is CC[C@@H](c1nnnn1C1CCCC1)N(Cc1cc2cc(C)ccc2[nH]c1=O)C[C@H]1CCCO1. The number of aromatic amines is 1. The van der Waals surface area contributed by atoms with Gasteiger partial charge in [-0.05, 0) is 73.0 Å². The Hall–Kier alpha value is -2.58. The highest BCUT2D eigenvalue weighted by atomic mass is 16.5. The van der Waals surface area contributed by atoms with E-state index in [4.69, 9.17) is 4.74 Å². The number of aromatic nitrogens is 5. The Kier molecular flexibility index (Phi) is 6.55. The Morgan fingerprint density at radius 2 is 2.06 bits per heavy atom. The standard InChI is InChI=1S/C25H34N6O2/c1-3-23(24-27-28-29-31(24)20-7-4-5-8-20)30(16-21-9-6-12-33-21)15-19-14-18-13-17(2)10-11-22(18)26-25(19)32/h10-11,13-14,20-21,23H,3-9,12,15-16H2,1-2H3,(H,26,32)/t21-,23+/m1/s1. The maximum Gasteiger partial charge on any atom is 0.252 e. The first-order valence-electron chi connectivity index (χ1n) is 12.4. The molecule has 0 bridgehead atoms. The number of rotatable bonds is 8. The number of pyridine rings is 1. The van der Waals surface area contributed by atoms with Crippen LogP contribution >= 0.6 is 0 Å². The van der Waals surface area contributed by atoms with Crippen molar-refractivity contribution in [3.05, 3.63) is 51.6 Å². The number of nitrogens with zero attached hydrogens (tertiary/aromatic N) is 5. The lowest BCUT2D eigenvalue weighted by atomic mass is 10.1. The second-order valence-corrected chi connectivity index (χ2v) is 9.62. The molecule has 2 fully saturated rings. The summed E-state index contributed by atoms with van der Waals surface area (Å²) in [5.74, 6) is 0.912. The second kappa shape index (κ2) is 9.73. The molecule has 176 valence electrons. The summed E-state index contributed by atoms with van der Waals surface area (Å²) >= 11 is 0. The van der Waals surface area contributed by atoms with E-state index in [1.165, 1.54) is 18.4 Å². The van der Waals surface area contributed by atoms with Gasteiger partial charge in [0.05, 0.1) is 18.2 Å². The lowest BCUT2D eigenvalue weighted by Gasteiger charge is -2.32. The van der Waals surface area contributed by atoms with Crippen molar-refractivity contribution >= 4 is 10.9 Å². The van der Waals surface area contributed by atoms with Gasteiger partial charge in [0.15, 0.2) is 5.82 Å². The Morgan fingerprint density at radius 3 is 2.82 bits per heavy atom. The number of hydrogen-bond donors (Lipinski definition) is 1. The fraction of sp³-hybridized carbons (Fsp3) is 0.600. The molecule has 5 rings (SSSR count). The van der Waals surface area contributed by atoms with Gasteiger partial charge in [-0.3, -0.25) is 9.69 Å². The van der Waals surface area contributed by atoms with Crippen LogP contribution in [0.15, 0.2) is 29.1 Å². The lowest BCUT2D eigenvalue weighted by molar-refractivity contribution is 0.0484. The Labute approximate surface area is 194 Å². The third-order valence-corrected chi connectivity index (χ3v) is 7.23. The number of benzene rings is 1. The van der Waals surface area contributed by atoms with Gasteiger partial charge >= 0.3 is 0 Å². The van der Waals surface area contributed by atoms with Gasteiger partial charge in [-0.1, -0.05) is 31.4 Å². The molecule has 0 radical (unpaired) electrons. The van der Waals surface area contributed by atoms with Crippen molar-refractivity contribution in [2.45, 2.75) is 83.5 Å². The minimum Gasteiger partial charge on any atom is -0.377 e. The maximum atomic E-state index is 13.0. The summed E-state index contributed by atoms with van der Waals surface area (Å²) in [6, 6.07) is 8.56. The van der Waals surface area contributed by atoms with E-state index in [9.17, 15) is 4.79 Å². The van der Waals surface area contributed by atoms with E-state index in [1.807, 2.05) is 18.2 Å². The van der Waals surface area contributed by atoms with E-state index in [-0.39, 0.29) is 17.7 Å². The van der Waals surface area contributed by atoms with Gasteiger partial charge in [0, 0.05) is 30.8 Å². The number of aryl methyl sites for hydroxylation is 1. The van der Waals surface area contributed by atoms with Crippen molar-refractivity contribution in [3.63, 3.8) is 0 Å². The molecule has 1 saturated carbocycles. The molecule has 0 unspecified atom stereocenters. The molecule has 3 heterocycles. The number of nitrogens with one attached hydrogen (secondary N) is 1. The van der Waals surface area contributed by atoms with E-state index in [0.717, 1.165) is 67.5 Å². The van der Waals surface area contributed by atoms with E-state index in [0.29, 0.717) is 12.6 Å². The molecular weight excluding hydrogens is 416 g/mol. The lowest BCUT2D eigenvalue weighted by Crippen LogP contribution is -2.38. The minimum absolute atomic E-state index is 0.0254. The van der Waals surface area contributed by atoms with Crippen molar-refractivity contribution < 1.29 is 4.74 Å². The number of ether oxygens (including phenoxy) is 1. The monoisotopic (exact) mass is 450 g/mol. The Balaban J connectivity index is 1.49. The summed E-state index contributed by atoms with van der Waals surface area (Å²) in [4.78, 5) is 18.4. The molecule has 1 aromatic carbocycles. The number of fused-ring (bicyclic) bond motifs is 1. The smallest absolute Gasteiger partial charge is 0.252 e. The molecule has 33 heavy (non-hydrogen) atoms. The summed E-state index contributed by atoms with van der Waals surface area (Å²) in [5, 5.41) is 14.0. The number of H-pyrrole nitrogens is 1. The van der Waals surface area contributed by atoms with Gasteiger partial charge in [0.1, 0.15) is 0 Å². The second-order valence-electron chi connectivity index (χ2n) is 9.62. The van der Waals surface area contributed by atoms with E-state index < -0.39 is 0 Å². The van der Waals surface area contributed by atoms with Gasteiger partial charge in [0.25, 0.3) is 5.56 Å². The Morgan fingerprint density at radius 1 is 1.21 bits per heavy atom. The topological polar surface area (TPSA) is 88.9 Å². The highest BCUT2D eigenvalue weighted by molar-refractivity contribution is 5.79. The van der Waals surface area contributed by atoms with Crippen molar-refractivity contribution in [2.24, 2.45) is 0 Å². The summed E-state index contributed by atoms with van der Waals surface area (Å²) in [6.07, 6.45) is 7.90. The van der Waals surface area contributed by atoms with Crippen LogP contribution in [0.25, 0.3) is 10.9 Å². The summed E-state index contributed by atoms with van der Waals surface area (Å²) in [5.41, 5.74) is 2.79. The molecule has 2 aliphatic rings. The molecule has 1 N–H and O–H groups in total. The average Bonchev–Trinajstić information content (AvgIpc) is 3.58. The first kappa shape index (κ1) is 22.2. The van der Waals surface area contributed by atoms with Crippen molar-refractivity contribution in [1.82, 2.24) is 30.1 Å². The fourth-order valence-electron chi connectivity index (χ4n) is 5.49. The van der Waals surface area contributed by atoms with Crippen LogP contribution in [0.3, 0.4) is 0 Å². The summed E-state index contributed by atoms with van der Waals surface area (Å²) < 4.78 is 8.05. The molecule has 0 spiro atoms. The van der Waals surface area contributed by atoms with Crippen molar-refractivity contribution in [1.29, 1.82) is 0 Å². The zero-order valence-corrected chi connectivity index (χ0v) is 19.7. The van der Waals surface area contributed by atoms with Gasteiger partial charge in [0.2, 0.25) is 0 Å². The Bertz CT molecular complexity index is 1140. The third-order valence-electron chi connectivity index (χ3n) is 7.23. The van der Waals surface area contributed by atoms with Crippen LogP contribution in [0.5, 0.6) is 0 Å². The first-order chi connectivity index (χ1) is 16.1. The first-order valence-corrected chi connectivity index (χ1v) is 12.4. The highest BCUT2D eigenvalue weighted by Crippen LogP contribution is 2.33. The zero-order valence-electron chi connectivity index (χ0n) is 19.7. The largest absolute Gasteiger partial charge is 0.377 e. The molecule has 8 heteroatoms. The molecule has 2 aromatic heterocycles. The summed E-state index contributed by atoms with van der Waals surface area (Å²) in [7, 11) is 0. The van der Waals surface area contributed by atoms with Crippen molar-refractivity contribution in [3.8, 4) is 0 Å². The molecule has 2 atom stereocenters. The molecule has 1 saturated heterocycles. The molecule has 1 aliphatic carbocycles. The van der Waals surface area contributed by atoms with E-state index in [2.05, 4.69) is 50.0 Å². The fourth-order valence-corrected chi connectivity index (χ4v) is 5.49. The van der Waals surface area contributed by atoms with Crippen LogP contribution < -0.4 is 5.56 Å². The molecule has 3 aromatic rings. The zero-order chi connectivity index (χ0) is 22.8. The number of hydrogen-bond acceptors (Lipinski definition) is 6. The van der Waals surface area contributed by atoms with Crippen LogP contribution in [-0.4, -0.2) is 49.3 Å². The van der Waals surface area contributed by atoms with Gasteiger partial charge < -0.3 is 9.72 Å². The van der Waals surface area contributed by atoms with Crippen LogP contribution in [0.4, 0.5) is 0 Å². The predicted molar refractivity (Wildman–Crippen MR) is 127 cm³/mol. The van der Waals surface area contributed by atoms with E-state index >= 15 is 0 Å². The minimum atomic E-state index is -0.0334. The maximum absolute atomic E-state index is 13.0. The predicted octanol–water partition coefficient (Wildman–Crippen LogP) is 4.07. The third kappa shape index (κ3) is 4.73. The van der Waals surface area contributed by atoms with Crippen LogP contribution in [0.2, 0.25) is 0 Å². The molecule has 8 nitrogen and oxygen atoms in total. The number of tetrazole rings is 1. The highest BCUT2D eigenvalue weighted by Gasteiger charge is 2.31. The van der Waals surface area contributed by atoms with Crippen LogP contribution in [0.1, 0.15) is 80.9 Å². The van der Waals surface area contributed by atoms with Crippen LogP contribution in [0, 0.1) is 6.92 Å². The van der Waals surface area contributed by atoms with Gasteiger partial charge in [-0.15, -0.1) is 5.10 Å². The normalized spacial score (nSPS) is 20.3. The van der Waals surface area contributed by atoms with Gasteiger partial charge in [-0.25, -0.2) is 4.68 Å².